The Morgan fingerprint density at radius 1 is 1.10 bits per heavy atom. The summed E-state index contributed by atoms with van der Waals surface area (Å²) in [6.07, 6.45) is 0. The van der Waals surface area contributed by atoms with Crippen molar-refractivity contribution in [3.05, 3.63) is 24.3 Å². The molecule has 1 aliphatic heterocycles. The molecule has 1 aromatic carbocycles. The molecule has 1 fully saturated rings. The van der Waals surface area contributed by atoms with Crippen LogP contribution in [0.25, 0.3) is 0 Å². The Morgan fingerprint density at radius 3 is 2.10 bits per heavy atom. The Hall–Kier alpha value is -2.24. The van der Waals surface area contributed by atoms with Crippen LogP contribution in [0, 0.1) is 0 Å². The predicted molar refractivity (Wildman–Crippen MR) is 73.4 cm³/mol. The van der Waals surface area contributed by atoms with Gasteiger partial charge in [0.25, 0.3) is 21.9 Å². The minimum atomic E-state index is -4.29. The number of nitrogens with one attached hydrogen (secondary N) is 2. The van der Waals surface area contributed by atoms with Gasteiger partial charge in [0, 0.05) is 0 Å². The Morgan fingerprint density at radius 2 is 1.62 bits per heavy atom. The molecule has 0 radical (unpaired) electrons. The number of carbonyl (C=O) groups is 2. The first-order chi connectivity index (χ1) is 9.77. The molecular weight excluding hydrogens is 320 g/mol. The molecule has 0 atom stereocenters. The van der Waals surface area contributed by atoms with Crippen molar-refractivity contribution >= 4 is 45.0 Å². The maximum atomic E-state index is 11.5. The third-order valence-electron chi connectivity index (χ3n) is 2.39. The van der Waals surface area contributed by atoms with Crippen molar-refractivity contribution < 1.29 is 22.6 Å². The van der Waals surface area contributed by atoms with Crippen LogP contribution in [-0.2, 0) is 19.7 Å². The van der Waals surface area contributed by atoms with Gasteiger partial charge in [-0.3, -0.25) is 14.1 Å². The van der Waals surface area contributed by atoms with Gasteiger partial charge in [-0.15, -0.1) is 0 Å². The Balaban J connectivity index is 2.16. The molecule has 11 heteroatoms. The average molecular weight is 328 g/mol. The lowest BCUT2D eigenvalue weighted by Gasteiger charge is -2.18. The smallest absolute Gasteiger partial charge is 0.294 e. The largest absolute Gasteiger partial charge is 0.300 e. The summed E-state index contributed by atoms with van der Waals surface area (Å²) >= 11 is 4.62. The van der Waals surface area contributed by atoms with Gasteiger partial charge >= 0.3 is 0 Å². The molecular formula is C10H8N4O5S2. The van der Waals surface area contributed by atoms with Gasteiger partial charge in [0.05, 0.1) is 10.6 Å². The second-order valence-electron chi connectivity index (χ2n) is 3.89. The van der Waals surface area contributed by atoms with E-state index in [0.29, 0.717) is 0 Å². The monoisotopic (exact) mass is 328 g/mol. The van der Waals surface area contributed by atoms with Gasteiger partial charge in [-0.2, -0.15) is 18.6 Å². The summed E-state index contributed by atoms with van der Waals surface area (Å²) in [7, 11) is -4.29. The van der Waals surface area contributed by atoms with Crippen LogP contribution < -0.4 is 10.6 Å². The molecule has 1 aromatic rings. The van der Waals surface area contributed by atoms with E-state index in [4.69, 9.17) is 4.55 Å². The molecule has 21 heavy (non-hydrogen) atoms. The number of hydrogen-bond acceptors (Lipinski definition) is 7. The Kier molecular flexibility index (Phi) is 4.06. The van der Waals surface area contributed by atoms with Crippen LogP contribution in [0.3, 0.4) is 0 Å². The third kappa shape index (κ3) is 3.65. The third-order valence-corrected chi connectivity index (χ3v) is 3.47. The zero-order chi connectivity index (χ0) is 15.6. The predicted octanol–water partition coefficient (Wildman–Crippen LogP) is -0.0835. The van der Waals surface area contributed by atoms with E-state index in [1.807, 2.05) is 0 Å². The summed E-state index contributed by atoms with van der Waals surface area (Å²) in [6, 6.07) is 3.36. The van der Waals surface area contributed by atoms with E-state index in [-0.39, 0.29) is 15.7 Å². The minimum Gasteiger partial charge on any atom is -0.300 e. The molecule has 9 nitrogen and oxygen atoms in total. The fourth-order valence-electron chi connectivity index (χ4n) is 1.42. The van der Waals surface area contributed by atoms with E-state index in [1.54, 1.807) is 0 Å². The topological polar surface area (TPSA) is 137 Å². The minimum absolute atomic E-state index is 0.103. The summed E-state index contributed by atoms with van der Waals surface area (Å²) < 4.78 is 30.5. The van der Waals surface area contributed by atoms with Gasteiger partial charge in [-0.25, -0.2) is 0 Å². The number of azo groups is 1. The van der Waals surface area contributed by atoms with Crippen molar-refractivity contribution in [3.8, 4) is 0 Å². The number of hydrogen-bond donors (Lipinski definition) is 3. The molecule has 0 spiro atoms. The van der Waals surface area contributed by atoms with Crippen LogP contribution in [0.4, 0.5) is 5.69 Å². The maximum absolute atomic E-state index is 11.5. The fraction of sp³-hybridized carbons (Fsp3) is 0.100. The maximum Gasteiger partial charge on any atom is 0.294 e. The van der Waals surface area contributed by atoms with E-state index < -0.39 is 28.0 Å². The normalized spacial score (nSPS) is 16.9. The average Bonchev–Trinajstić information content (AvgIpc) is 2.37. The Bertz CT molecular complexity index is 721. The summed E-state index contributed by atoms with van der Waals surface area (Å²) in [4.78, 5) is 22.7. The summed E-state index contributed by atoms with van der Waals surface area (Å²) in [5, 5.41) is 11.6. The number of rotatable bonds is 3. The fourth-order valence-corrected chi connectivity index (χ4v) is 2.11. The lowest BCUT2D eigenvalue weighted by molar-refractivity contribution is -0.131. The number of carbonyl (C=O) groups excluding carboxylic acids is 2. The van der Waals surface area contributed by atoms with Gasteiger partial charge in [-0.05, 0) is 36.5 Å². The van der Waals surface area contributed by atoms with Gasteiger partial charge < -0.3 is 10.6 Å². The molecule has 0 aromatic heterocycles. The quantitative estimate of drug-likeness (QED) is 0.307. The van der Waals surface area contributed by atoms with Crippen LogP contribution in [0.2, 0.25) is 0 Å². The van der Waals surface area contributed by atoms with Crippen molar-refractivity contribution in [1.29, 1.82) is 0 Å². The molecule has 2 amide bonds. The van der Waals surface area contributed by atoms with Crippen LogP contribution in [-0.4, -0.2) is 35.9 Å². The molecule has 0 saturated carbocycles. The first kappa shape index (κ1) is 15.2. The van der Waals surface area contributed by atoms with Crippen molar-refractivity contribution in [2.75, 3.05) is 0 Å². The van der Waals surface area contributed by atoms with Crippen molar-refractivity contribution in [3.63, 3.8) is 0 Å². The first-order valence-corrected chi connectivity index (χ1v) is 7.26. The van der Waals surface area contributed by atoms with Crippen molar-refractivity contribution in [2.24, 2.45) is 10.2 Å². The molecule has 0 unspecified atom stereocenters. The highest BCUT2D eigenvalue weighted by atomic mass is 32.2. The molecule has 0 bridgehead atoms. The standard InChI is InChI=1S/C10H8N4O5S2/c15-8-7(9(16)12-10(20)11-8)14-13-5-1-3-6(4-2-5)21(17,18)19/h1-4,7H,(H,17,18,19)(H2,11,12,15,16,20). The lowest BCUT2D eigenvalue weighted by Crippen LogP contribution is -2.57. The second kappa shape index (κ2) is 5.63. The summed E-state index contributed by atoms with van der Waals surface area (Å²) in [5.74, 6) is -1.41. The van der Waals surface area contributed by atoms with Gasteiger partial charge in [0.1, 0.15) is 0 Å². The number of thiocarbonyl (C=S) groups is 1. The highest BCUT2D eigenvalue weighted by Crippen LogP contribution is 2.17. The highest BCUT2D eigenvalue weighted by molar-refractivity contribution is 7.85. The zero-order valence-corrected chi connectivity index (χ0v) is 11.8. The summed E-state index contributed by atoms with van der Waals surface area (Å²) in [6.45, 7) is 0. The molecule has 0 aliphatic carbocycles. The SMILES string of the molecule is O=C1NC(=S)NC(=O)C1N=Nc1ccc(S(=O)(=O)O)cc1. The van der Waals surface area contributed by atoms with Crippen molar-refractivity contribution in [2.45, 2.75) is 10.9 Å². The van der Waals surface area contributed by atoms with E-state index in [0.717, 1.165) is 12.1 Å². The van der Waals surface area contributed by atoms with E-state index >= 15 is 0 Å². The first-order valence-electron chi connectivity index (χ1n) is 5.41. The van der Waals surface area contributed by atoms with Crippen LogP contribution in [0.1, 0.15) is 0 Å². The highest BCUT2D eigenvalue weighted by Gasteiger charge is 2.32. The Labute approximate surface area is 124 Å². The molecule has 3 N–H and O–H groups in total. The van der Waals surface area contributed by atoms with Gasteiger partial charge in [0.2, 0.25) is 6.04 Å². The molecule has 1 heterocycles. The van der Waals surface area contributed by atoms with Crippen LogP contribution in [0.5, 0.6) is 0 Å². The molecule has 2 rings (SSSR count). The second-order valence-corrected chi connectivity index (χ2v) is 5.72. The number of nitrogens with zero attached hydrogens (tertiary/aromatic N) is 2. The van der Waals surface area contributed by atoms with E-state index in [9.17, 15) is 18.0 Å². The van der Waals surface area contributed by atoms with E-state index in [2.05, 4.69) is 33.1 Å². The number of benzene rings is 1. The van der Waals surface area contributed by atoms with Crippen LogP contribution >= 0.6 is 12.2 Å². The summed E-state index contributed by atoms with van der Waals surface area (Å²) in [5.41, 5.74) is 0.205. The zero-order valence-electron chi connectivity index (χ0n) is 10.2. The molecule has 110 valence electrons. The number of amides is 2. The molecule has 1 aliphatic rings. The lowest BCUT2D eigenvalue weighted by atomic mass is 10.2. The van der Waals surface area contributed by atoms with Crippen molar-refractivity contribution in [1.82, 2.24) is 10.6 Å². The van der Waals surface area contributed by atoms with Gasteiger partial charge in [-0.1, -0.05) is 0 Å². The van der Waals surface area contributed by atoms with Crippen LogP contribution in [0.15, 0.2) is 39.4 Å². The van der Waals surface area contributed by atoms with E-state index in [1.165, 1.54) is 12.1 Å². The van der Waals surface area contributed by atoms with Gasteiger partial charge in [0.15, 0.2) is 5.11 Å². The molecule has 1 saturated heterocycles.